The Balaban J connectivity index is 2.29. The van der Waals surface area contributed by atoms with Gasteiger partial charge in [-0.15, -0.1) is 11.6 Å². The molecule has 0 spiro atoms. The molecule has 0 N–H and O–H groups in total. The molecule has 1 heterocycles. The Morgan fingerprint density at radius 1 is 1.29 bits per heavy atom. The van der Waals surface area contributed by atoms with Gasteiger partial charge in [0.05, 0.1) is 11.9 Å². The Hall–Kier alpha value is -1.53. The number of benzene rings is 1. The van der Waals surface area contributed by atoms with Crippen LogP contribution in [0.15, 0.2) is 47.6 Å². The molecule has 0 radical (unpaired) electrons. The van der Waals surface area contributed by atoms with Crippen molar-refractivity contribution in [1.82, 2.24) is 9.78 Å². The van der Waals surface area contributed by atoms with E-state index in [0.29, 0.717) is 24.7 Å². The molecule has 0 saturated heterocycles. The average molecular weight is 328 g/mol. The van der Waals surface area contributed by atoms with Crippen molar-refractivity contribution in [1.29, 1.82) is 0 Å². The summed E-state index contributed by atoms with van der Waals surface area (Å²) in [6.07, 6.45) is 3.68. The van der Waals surface area contributed by atoms with Crippen LogP contribution in [-0.2, 0) is 16.6 Å². The molecule has 0 fully saturated rings. The SMILES string of the molecule is CCN(c1ccccc1)S(=O)(=O)c1cnn(CCCCl)c1. The summed E-state index contributed by atoms with van der Waals surface area (Å²) < 4.78 is 28.4. The number of halogens is 1. The summed E-state index contributed by atoms with van der Waals surface area (Å²) in [5, 5.41) is 4.08. The van der Waals surface area contributed by atoms with E-state index in [1.54, 1.807) is 23.0 Å². The van der Waals surface area contributed by atoms with Crippen LogP contribution in [0.1, 0.15) is 13.3 Å². The lowest BCUT2D eigenvalue weighted by Crippen LogP contribution is -2.30. The van der Waals surface area contributed by atoms with E-state index in [1.807, 2.05) is 25.1 Å². The van der Waals surface area contributed by atoms with Crippen molar-refractivity contribution in [3.05, 3.63) is 42.7 Å². The van der Waals surface area contributed by atoms with E-state index < -0.39 is 10.0 Å². The predicted octanol–water partition coefficient (Wildman–Crippen LogP) is 2.73. The van der Waals surface area contributed by atoms with E-state index in [-0.39, 0.29) is 4.90 Å². The first kappa shape index (κ1) is 15.9. The normalized spacial score (nSPS) is 11.5. The molecule has 0 aliphatic heterocycles. The van der Waals surface area contributed by atoms with Crippen LogP contribution in [0.4, 0.5) is 5.69 Å². The van der Waals surface area contributed by atoms with Gasteiger partial charge >= 0.3 is 0 Å². The third kappa shape index (κ3) is 3.57. The summed E-state index contributed by atoms with van der Waals surface area (Å²) in [6.45, 7) is 2.78. The van der Waals surface area contributed by atoms with Crippen molar-refractivity contribution in [3.63, 3.8) is 0 Å². The highest BCUT2D eigenvalue weighted by atomic mass is 35.5. The Morgan fingerprint density at radius 3 is 2.62 bits per heavy atom. The molecule has 1 aromatic heterocycles. The number of alkyl halides is 1. The number of anilines is 1. The van der Waals surface area contributed by atoms with Gasteiger partial charge in [0.1, 0.15) is 4.90 Å². The van der Waals surface area contributed by atoms with Crippen molar-refractivity contribution in [2.45, 2.75) is 24.8 Å². The van der Waals surface area contributed by atoms with Gasteiger partial charge in [0.15, 0.2) is 0 Å². The Labute approximate surface area is 130 Å². The summed E-state index contributed by atoms with van der Waals surface area (Å²) in [7, 11) is -3.59. The third-order valence-corrected chi connectivity index (χ3v) is 5.17. The molecule has 0 amide bonds. The van der Waals surface area contributed by atoms with Crippen molar-refractivity contribution in [2.75, 3.05) is 16.7 Å². The number of hydrogen-bond donors (Lipinski definition) is 0. The van der Waals surface area contributed by atoms with Gasteiger partial charge in [0, 0.05) is 25.2 Å². The predicted molar refractivity (Wildman–Crippen MR) is 84.2 cm³/mol. The first-order valence-electron chi connectivity index (χ1n) is 6.75. The van der Waals surface area contributed by atoms with Gasteiger partial charge < -0.3 is 0 Å². The molecule has 2 aromatic rings. The van der Waals surface area contributed by atoms with Crippen LogP contribution in [0, 0.1) is 0 Å². The highest BCUT2D eigenvalue weighted by Gasteiger charge is 2.24. The van der Waals surface area contributed by atoms with Gasteiger partial charge in [-0.2, -0.15) is 5.10 Å². The Bertz CT molecular complexity index is 671. The smallest absolute Gasteiger partial charge is 0.267 e. The molecule has 0 unspecified atom stereocenters. The highest BCUT2D eigenvalue weighted by molar-refractivity contribution is 7.92. The number of rotatable bonds is 7. The fourth-order valence-corrected chi connectivity index (χ4v) is 3.58. The second-order valence-corrected chi connectivity index (χ2v) is 6.73. The number of aromatic nitrogens is 2. The summed E-state index contributed by atoms with van der Waals surface area (Å²) in [5.74, 6) is 0.521. The fraction of sp³-hybridized carbons (Fsp3) is 0.357. The lowest BCUT2D eigenvalue weighted by atomic mass is 10.3. The van der Waals surface area contributed by atoms with E-state index in [9.17, 15) is 8.42 Å². The van der Waals surface area contributed by atoms with E-state index in [2.05, 4.69) is 5.10 Å². The largest absolute Gasteiger partial charge is 0.271 e. The van der Waals surface area contributed by atoms with Gasteiger partial charge in [-0.05, 0) is 25.5 Å². The molecule has 2 rings (SSSR count). The van der Waals surface area contributed by atoms with Crippen LogP contribution < -0.4 is 4.31 Å². The molecule has 7 heteroatoms. The third-order valence-electron chi connectivity index (χ3n) is 3.05. The first-order chi connectivity index (χ1) is 10.1. The minimum atomic E-state index is -3.59. The van der Waals surface area contributed by atoms with E-state index in [4.69, 9.17) is 11.6 Å². The van der Waals surface area contributed by atoms with Crippen molar-refractivity contribution in [3.8, 4) is 0 Å². The number of hydrogen-bond acceptors (Lipinski definition) is 3. The lowest BCUT2D eigenvalue weighted by molar-refractivity contribution is 0.589. The maximum atomic E-state index is 12.7. The fourth-order valence-electron chi connectivity index (χ4n) is 2.03. The molecule has 0 saturated carbocycles. The van der Waals surface area contributed by atoms with Crippen LogP contribution in [0.5, 0.6) is 0 Å². The molecule has 1 aromatic carbocycles. The number of nitrogens with zero attached hydrogens (tertiary/aromatic N) is 3. The van der Waals surface area contributed by atoms with Crippen LogP contribution in [-0.4, -0.2) is 30.6 Å². The highest BCUT2D eigenvalue weighted by Crippen LogP contribution is 2.22. The van der Waals surface area contributed by atoms with Gasteiger partial charge in [0.25, 0.3) is 10.0 Å². The Kier molecular flexibility index (Phi) is 5.25. The standard InChI is InChI=1S/C14H18ClN3O2S/c1-2-18(13-7-4-3-5-8-13)21(19,20)14-11-16-17(12-14)10-6-9-15/h3-5,7-8,11-12H,2,6,9-10H2,1H3. The molecule has 0 bridgehead atoms. The van der Waals surface area contributed by atoms with E-state index >= 15 is 0 Å². The minimum absolute atomic E-state index is 0.197. The van der Waals surface area contributed by atoms with Gasteiger partial charge in [-0.25, -0.2) is 8.42 Å². The summed E-state index contributed by atoms with van der Waals surface area (Å²) in [4.78, 5) is 0.197. The van der Waals surface area contributed by atoms with Gasteiger partial charge in [-0.3, -0.25) is 8.99 Å². The number of sulfonamides is 1. The lowest BCUT2D eigenvalue weighted by Gasteiger charge is -2.21. The van der Waals surface area contributed by atoms with Crippen molar-refractivity contribution in [2.24, 2.45) is 0 Å². The quantitative estimate of drug-likeness (QED) is 0.735. The van der Waals surface area contributed by atoms with Crippen molar-refractivity contribution >= 4 is 27.3 Å². The summed E-state index contributed by atoms with van der Waals surface area (Å²) in [6, 6.07) is 9.04. The second kappa shape index (κ2) is 6.95. The van der Waals surface area contributed by atoms with Gasteiger partial charge in [0.2, 0.25) is 0 Å². The molecule has 5 nitrogen and oxygen atoms in total. The Morgan fingerprint density at radius 2 is 2.00 bits per heavy atom. The monoisotopic (exact) mass is 327 g/mol. The topological polar surface area (TPSA) is 55.2 Å². The zero-order chi connectivity index (χ0) is 15.3. The molecule has 0 atom stereocenters. The molecular weight excluding hydrogens is 310 g/mol. The van der Waals surface area contributed by atoms with Gasteiger partial charge in [-0.1, -0.05) is 18.2 Å². The molecule has 21 heavy (non-hydrogen) atoms. The number of aryl methyl sites for hydroxylation is 1. The first-order valence-corrected chi connectivity index (χ1v) is 8.73. The van der Waals surface area contributed by atoms with E-state index in [1.165, 1.54) is 10.5 Å². The number of para-hydroxylation sites is 1. The molecule has 0 aliphatic carbocycles. The van der Waals surface area contributed by atoms with Crippen LogP contribution in [0.3, 0.4) is 0 Å². The minimum Gasteiger partial charge on any atom is -0.271 e. The van der Waals surface area contributed by atoms with Crippen molar-refractivity contribution < 1.29 is 8.42 Å². The average Bonchev–Trinajstić information content (AvgIpc) is 2.96. The summed E-state index contributed by atoms with van der Waals surface area (Å²) in [5.41, 5.74) is 0.647. The molecule has 114 valence electrons. The zero-order valence-corrected chi connectivity index (χ0v) is 13.4. The maximum Gasteiger partial charge on any atom is 0.267 e. The van der Waals surface area contributed by atoms with Crippen LogP contribution in [0.25, 0.3) is 0 Å². The molecule has 0 aliphatic rings. The maximum absolute atomic E-state index is 12.7. The van der Waals surface area contributed by atoms with Crippen LogP contribution in [0.2, 0.25) is 0 Å². The summed E-state index contributed by atoms with van der Waals surface area (Å²) >= 11 is 5.63. The van der Waals surface area contributed by atoms with Crippen LogP contribution >= 0.6 is 11.6 Å². The van der Waals surface area contributed by atoms with E-state index in [0.717, 1.165) is 6.42 Å². The zero-order valence-electron chi connectivity index (χ0n) is 11.8. The molecular formula is C14H18ClN3O2S. The second-order valence-electron chi connectivity index (χ2n) is 4.49.